The van der Waals surface area contributed by atoms with Gasteiger partial charge in [0.05, 0.1) is 28.7 Å². The Bertz CT molecular complexity index is 823. The minimum Gasteiger partial charge on any atom is -0.351 e. The summed E-state index contributed by atoms with van der Waals surface area (Å²) in [5, 5.41) is 10.4. The molecule has 1 aromatic heterocycles. The largest absolute Gasteiger partial charge is 0.416 e. The molecule has 0 bridgehead atoms. The molecule has 1 aromatic carbocycles. The molecule has 0 saturated carbocycles. The number of benzene rings is 1. The van der Waals surface area contributed by atoms with Crippen LogP contribution in [0.3, 0.4) is 0 Å². The number of carbonyl (C=O) groups is 1. The maximum atomic E-state index is 12.9. The predicted octanol–water partition coefficient (Wildman–Crippen LogP) is 3.32. The standard InChI is InChI=1S/C19H23F3N4O/c1-13-16(17(27)24-12-18(2)6-8-23-9-7-18)11-25-26(13)15-5-3-4-14(10-15)19(20,21)22/h3-5,10-11,23H,6-9,12H2,1-2H3,(H,24,27). The minimum absolute atomic E-state index is 0.0475. The highest BCUT2D eigenvalue weighted by atomic mass is 19.4. The maximum Gasteiger partial charge on any atom is 0.416 e. The normalized spacial score (nSPS) is 16.9. The molecule has 3 rings (SSSR count). The highest BCUT2D eigenvalue weighted by Crippen LogP contribution is 2.31. The topological polar surface area (TPSA) is 59.0 Å². The van der Waals surface area contributed by atoms with Gasteiger partial charge in [-0.3, -0.25) is 4.79 Å². The van der Waals surface area contributed by atoms with Crippen LogP contribution < -0.4 is 10.6 Å². The van der Waals surface area contributed by atoms with Crippen molar-refractivity contribution in [3.8, 4) is 5.69 Å². The van der Waals surface area contributed by atoms with Gasteiger partial charge in [-0.1, -0.05) is 13.0 Å². The first-order chi connectivity index (χ1) is 12.7. The van der Waals surface area contributed by atoms with E-state index in [4.69, 9.17) is 0 Å². The first kappa shape index (κ1) is 19.4. The second-order valence-corrected chi connectivity index (χ2v) is 7.35. The monoisotopic (exact) mass is 380 g/mol. The molecule has 0 spiro atoms. The van der Waals surface area contributed by atoms with Crippen LogP contribution in [0.15, 0.2) is 30.5 Å². The Kier molecular flexibility index (Phi) is 5.28. The van der Waals surface area contributed by atoms with Crippen LogP contribution in [0.1, 0.15) is 41.4 Å². The lowest BCUT2D eigenvalue weighted by Crippen LogP contribution is -2.43. The predicted molar refractivity (Wildman–Crippen MR) is 95.8 cm³/mol. The number of nitrogens with zero attached hydrogens (tertiary/aromatic N) is 2. The first-order valence-corrected chi connectivity index (χ1v) is 8.91. The third-order valence-electron chi connectivity index (χ3n) is 5.16. The lowest BCUT2D eigenvalue weighted by atomic mass is 9.81. The summed E-state index contributed by atoms with van der Waals surface area (Å²) in [6.07, 6.45) is -1.07. The molecule has 8 heteroatoms. The molecule has 1 aliphatic rings. The van der Waals surface area contributed by atoms with Crippen molar-refractivity contribution in [2.75, 3.05) is 19.6 Å². The third kappa shape index (κ3) is 4.32. The van der Waals surface area contributed by atoms with Crippen molar-refractivity contribution >= 4 is 5.91 Å². The molecular weight excluding hydrogens is 357 g/mol. The molecule has 0 radical (unpaired) electrons. The number of hydrogen-bond donors (Lipinski definition) is 2. The van der Waals surface area contributed by atoms with Gasteiger partial charge in [-0.15, -0.1) is 0 Å². The zero-order valence-corrected chi connectivity index (χ0v) is 15.4. The van der Waals surface area contributed by atoms with E-state index in [0.717, 1.165) is 38.1 Å². The van der Waals surface area contributed by atoms with E-state index in [1.54, 1.807) is 6.92 Å². The molecule has 1 amide bonds. The van der Waals surface area contributed by atoms with Crippen LogP contribution in [0.5, 0.6) is 0 Å². The number of alkyl halides is 3. The Labute approximate surface area is 155 Å². The van der Waals surface area contributed by atoms with Gasteiger partial charge in [0.1, 0.15) is 0 Å². The molecule has 2 N–H and O–H groups in total. The van der Waals surface area contributed by atoms with E-state index in [9.17, 15) is 18.0 Å². The lowest BCUT2D eigenvalue weighted by Gasteiger charge is -2.34. The average Bonchev–Trinajstić information content (AvgIpc) is 3.01. The lowest BCUT2D eigenvalue weighted by molar-refractivity contribution is -0.137. The highest BCUT2D eigenvalue weighted by Gasteiger charge is 2.31. The smallest absolute Gasteiger partial charge is 0.351 e. The van der Waals surface area contributed by atoms with Crippen LogP contribution in [0, 0.1) is 12.3 Å². The van der Waals surface area contributed by atoms with Crippen LogP contribution in [0.25, 0.3) is 5.69 Å². The average molecular weight is 380 g/mol. The number of amides is 1. The van der Waals surface area contributed by atoms with Gasteiger partial charge in [-0.25, -0.2) is 4.68 Å². The zero-order chi connectivity index (χ0) is 19.7. The third-order valence-corrected chi connectivity index (χ3v) is 5.16. The van der Waals surface area contributed by atoms with E-state index in [2.05, 4.69) is 22.7 Å². The minimum atomic E-state index is -4.43. The number of hydrogen-bond acceptors (Lipinski definition) is 3. The molecule has 5 nitrogen and oxygen atoms in total. The number of carbonyl (C=O) groups excluding carboxylic acids is 1. The number of rotatable bonds is 4. The van der Waals surface area contributed by atoms with Crippen molar-refractivity contribution in [3.63, 3.8) is 0 Å². The Morgan fingerprint density at radius 1 is 1.33 bits per heavy atom. The van der Waals surface area contributed by atoms with Crippen LogP contribution in [-0.4, -0.2) is 35.3 Å². The molecule has 0 atom stereocenters. The Morgan fingerprint density at radius 2 is 2.04 bits per heavy atom. The summed E-state index contributed by atoms with van der Waals surface area (Å²) >= 11 is 0. The molecule has 146 valence electrons. The molecule has 2 aromatic rings. The van der Waals surface area contributed by atoms with E-state index in [1.165, 1.54) is 23.0 Å². The van der Waals surface area contributed by atoms with Crippen molar-refractivity contribution in [2.24, 2.45) is 5.41 Å². The van der Waals surface area contributed by atoms with E-state index in [-0.39, 0.29) is 17.0 Å². The van der Waals surface area contributed by atoms with Gasteiger partial charge in [-0.2, -0.15) is 18.3 Å². The Morgan fingerprint density at radius 3 is 2.70 bits per heavy atom. The molecule has 0 aliphatic carbocycles. The number of aromatic nitrogens is 2. The fourth-order valence-electron chi connectivity index (χ4n) is 3.30. The summed E-state index contributed by atoms with van der Waals surface area (Å²) < 4.78 is 40.2. The van der Waals surface area contributed by atoms with Crippen molar-refractivity contribution in [2.45, 2.75) is 32.9 Å². The number of halogens is 3. The Hall–Kier alpha value is -2.35. The molecule has 2 heterocycles. The zero-order valence-electron chi connectivity index (χ0n) is 15.4. The van der Waals surface area contributed by atoms with Crippen molar-refractivity contribution < 1.29 is 18.0 Å². The summed E-state index contributed by atoms with van der Waals surface area (Å²) in [4.78, 5) is 12.6. The van der Waals surface area contributed by atoms with Gasteiger partial charge >= 0.3 is 6.18 Å². The summed E-state index contributed by atoms with van der Waals surface area (Å²) in [6, 6.07) is 4.90. The van der Waals surface area contributed by atoms with E-state index < -0.39 is 11.7 Å². The molecule has 27 heavy (non-hydrogen) atoms. The molecular formula is C19H23F3N4O. The second kappa shape index (κ2) is 7.34. The maximum absolute atomic E-state index is 12.9. The van der Waals surface area contributed by atoms with Crippen LogP contribution in [-0.2, 0) is 6.18 Å². The van der Waals surface area contributed by atoms with Crippen LogP contribution in [0.2, 0.25) is 0 Å². The number of piperidine rings is 1. The van der Waals surface area contributed by atoms with Crippen molar-refractivity contribution in [3.05, 3.63) is 47.3 Å². The molecule has 1 saturated heterocycles. The van der Waals surface area contributed by atoms with E-state index in [1.807, 2.05) is 0 Å². The molecule has 1 aliphatic heterocycles. The van der Waals surface area contributed by atoms with Crippen LogP contribution >= 0.6 is 0 Å². The Balaban J connectivity index is 1.76. The van der Waals surface area contributed by atoms with Gasteiger partial charge < -0.3 is 10.6 Å². The van der Waals surface area contributed by atoms with Gasteiger partial charge in [0.25, 0.3) is 5.91 Å². The fraction of sp³-hybridized carbons (Fsp3) is 0.474. The van der Waals surface area contributed by atoms with Gasteiger partial charge in [0, 0.05) is 6.54 Å². The van der Waals surface area contributed by atoms with E-state index in [0.29, 0.717) is 17.8 Å². The fourth-order valence-corrected chi connectivity index (χ4v) is 3.30. The summed E-state index contributed by atoms with van der Waals surface area (Å²) in [6.45, 7) is 6.24. The summed E-state index contributed by atoms with van der Waals surface area (Å²) in [7, 11) is 0. The van der Waals surface area contributed by atoms with Gasteiger partial charge in [0.15, 0.2) is 0 Å². The van der Waals surface area contributed by atoms with Gasteiger partial charge in [-0.05, 0) is 56.5 Å². The summed E-state index contributed by atoms with van der Waals surface area (Å²) in [5.74, 6) is -0.259. The van der Waals surface area contributed by atoms with Crippen LogP contribution in [0.4, 0.5) is 13.2 Å². The molecule has 0 unspecified atom stereocenters. The van der Waals surface area contributed by atoms with Crippen molar-refractivity contribution in [1.29, 1.82) is 0 Å². The van der Waals surface area contributed by atoms with Gasteiger partial charge in [0.2, 0.25) is 0 Å². The molecule has 1 fully saturated rings. The first-order valence-electron chi connectivity index (χ1n) is 8.91. The number of nitrogens with one attached hydrogen (secondary N) is 2. The summed E-state index contributed by atoms with van der Waals surface area (Å²) in [5.41, 5.74) is 0.435. The van der Waals surface area contributed by atoms with E-state index >= 15 is 0 Å². The highest BCUT2D eigenvalue weighted by molar-refractivity contribution is 5.95. The second-order valence-electron chi connectivity index (χ2n) is 7.35. The quantitative estimate of drug-likeness (QED) is 0.856. The van der Waals surface area contributed by atoms with Crippen molar-refractivity contribution in [1.82, 2.24) is 20.4 Å². The SMILES string of the molecule is Cc1c(C(=O)NCC2(C)CCNCC2)cnn1-c1cccc(C(F)(F)F)c1.